The summed E-state index contributed by atoms with van der Waals surface area (Å²) < 4.78 is 0. The third kappa shape index (κ3) is 3.37. The average molecular weight is 183 g/mol. The van der Waals surface area contributed by atoms with Crippen LogP contribution in [0.25, 0.3) is 0 Å². The molecule has 1 rings (SSSR count). The third-order valence-corrected chi connectivity index (χ3v) is 3.24. The average Bonchev–Trinajstić information content (AvgIpc) is 2.19. The minimum Gasteiger partial charge on any atom is -0.359 e. The lowest BCUT2D eigenvalue weighted by atomic mass is 9.79. The highest BCUT2D eigenvalue weighted by molar-refractivity contribution is 5.75. The molecule has 0 aromatic rings. The number of amides is 1. The maximum Gasteiger partial charge on any atom is 0.220 e. The Balaban J connectivity index is 2.28. The van der Waals surface area contributed by atoms with Crippen LogP contribution in [-0.2, 0) is 4.79 Å². The van der Waals surface area contributed by atoms with Crippen molar-refractivity contribution in [1.82, 2.24) is 5.32 Å². The van der Waals surface area contributed by atoms with Gasteiger partial charge in [-0.15, -0.1) is 0 Å². The van der Waals surface area contributed by atoms with E-state index in [-0.39, 0.29) is 5.91 Å². The fourth-order valence-corrected chi connectivity index (χ4v) is 2.26. The van der Waals surface area contributed by atoms with Gasteiger partial charge in [-0.1, -0.05) is 39.0 Å². The van der Waals surface area contributed by atoms with Crippen LogP contribution in [0.1, 0.15) is 45.4 Å². The van der Waals surface area contributed by atoms with E-state index in [0.29, 0.717) is 12.3 Å². The van der Waals surface area contributed by atoms with Crippen molar-refractivity contribution in [1.29, 1.82) is 0 Å². The second-order valence-corrected chi connectivity index (χ2v) is 4.25. The van der Waals surface area contributed by atoms with Gasteiger partial charge in [-0.25, -0.2) is 0 Å². The fraction of sp³-hybridized carbons (Fsp3) is 0.909. The summed E-state index contributed by atoms with van der Waals surface area (Å²) in [6.45, 7) is 2.21. The van der Waals surface area contributed by atoms with E-state index in [9.17, 15) is 4.79 Å². The number of carbonyl (C=O) groups excluding carboxylic acids is 1. The van der Waals surface area contributed by atoms with Crippen LogP contribution in [0.15, 0.2) is 0 Å². The number of carbonyl (C=O) groups is 1. The van der Waals surface area contributed by atoms with E-state index in [0.717, 1.165) is 5.92 Å². The van der Waals surface area contributed by atoms with Gasteiger partial charge in [0.1, 0.15) is 0 Å². The Morgan fingerprint density at radius 2 is 2.00 bits per heavy atom. The second-order valence-electron chi connectivity index (χ2n) is 4.25. The van der Waals surface area contributed by atoms with Crippen LogP contribution in [0.3, 0.4) is 0 Å². The van der Waals surface area contributed by atoms with Crippen molar-refractivity contribution < 1.29 is 4.79 Å². The summed E-state index contributed by atoms with van der Waals surface area (Å²) >= 11 is 0. The van der Waals surface area contributed by atoms with E-state index in [2.05, 4.69) is 12.2 Å². The highest BCUT2D eigenvalue weighted by Gasteiger charge is 2.21. The van der Waals surface area contributed by atoms with Crippen LogP contribution < -0.4 is 5.32 Å². The van der Waals surface area contributed by atoms with E-state index in [1.165, 1.54) is 32.1 Å². The summed E-state index contributed by atoms with van der Waals surface area (Å²) in [4.78, 5) is 11.2. The molecule has 0 aromatic heterocycles. The lowest BCUT2D eigenvalue weighted by Gasteiger charge is -2.27. The molecule has 1 atom stereocenters. The molecule has 0 saturated heterocycles. The Kier molecular flexibility index (Phi) is 4.26. The first-order valence-corrected chi connectivity index (χ1v) is 5.44. The Bertz CT molecular complexity index is 161. The van der Waals surface area contributed by atoms with Gasteiger partial charge < -0.3 is 5.32 Å². The summed E-state index contributed by atoms with van der Waals surface area (Å²) in [5, 5.41) is 2.70. The van der Waals surface area contributed by atoms with Gasteiger partial charge in [0.25, 0.3) is 0 Å². The lowest BCUT2D eigenvalue weighted by molar-refractivity contribution is -0.121. The van der Waals surface area contributed by atoms with Crippen LogP contribution in [0.5, 0.6) is 0 Å². The van der Waals surface area contributed by atoms with E-state index < -0.39 is 0 Å². The van der Waals surface area contributed by atoms with Gasteiger partial charge in [-0.3, -0.25) is 4.79 Å². The summed E-state index contributed by atoms with van der Waals surface area (Å²) in [5.74, 6) is 1.56. The molecule has 0 heterocycles. The van der Waals surface area contributed by atoms with Gasteiger partial charge in [0.15, 0.2) is 0 Å². The summed E-state index contributed by atoms with van der Waals surface area (Å²) in [6, 6.07) is 0. The maximum atomic E-state index is 11.2. The molecule has 0 aromatic carbocycles. The summed E-state index contributed by atoms with van der Waals surface area (Å²) in [6.07, 6.45) is 7.49. The molecular weight excluding hydrogens is 162 g/mol. The lowest BCUT2D eigenvalue weighted by Crippen LogP contribution is -2.24. The van der Waals surface area contributed by atoms with Crippen LogP contribution in [0.4, 0.5) is 0 Å². The van der Waals surface area contributed by atoms with Gasteiger partial charge in [-0.2, -0.15) is 0 Å². The van der Waals surface area contributed by atoms with Crippen molar-refractivity contribution in [2.75, 3.05) is 7.05 Å². The molecule has 1 amide bonds. The molecule has 1 fully saturated rings. The van der Waals surface area contributed by atoms with E-state index in [1.54, 1.807) is 7.05 Å². The Morgan fingerprint density at radius 1 is 1.38 bits per heavy atom. The third-order valence-electron chi connectivity index (χ3n) is 3.24. The number of nitrogens with one attached hydrogen (secondary N) is 1. The van der Waals surface area contributed by atoms with Crippen molar-refractivity contribution in [2.24, 2.45) is 11.8 Å². The molecule has 1 N–H and O–H groups in total. The van der Waals surface area contributed by atoms with Gasteiger partial charge in [-0.05, 0) is 11.8 Å². The van der Waals surface area contributed by atoms with Crippen molar-refractivity contribution in [2.45, 2.75) is 45.4 Å². The SMILES string of the molecule is CNC(=O)CC(C)C1CCCCC1. The molecular formula is C11H21NO. The minimum atomic E-state index is 0.193. The predicted molar refractivity (Wildman–Crippen MR) is 54.4 cm³/mol. The quantitative estimate of drug-likeness (QED) is 0.715. The van der Waals surface area contributed by atoms with Crippen molar-refractivity contribution in [3.63, 3.8) is 0 Å². The first-order valence-electron chi connectivity index (χ1n) is 5.44. The van der Waals surface area contributed by atoms with Crippen LogP contribution >= 0.6 is 0 Å². The molecule has 1 aliphatic carbocycles. The standard InChI is InChI=1S/C11H21NO/c1-9(8-11(13)12-2)10-6-4-3-5-7-10/h9-10H,3-8H2,1-2H3,(H,12,13). The van der Waals surface area contributed by atoms with Gasteiger partial charge in [0.2, 0.25) is 5.91 Å². The first kappa shape index (κ1) is 10.6. The molecule has 1 saturated carbocycles. The molecule has 0 bridgehead atoms. The van der Waals surface area contributed by atoms with Crippen LogP contribution in [0.2, 0.25) is 0 Å². The molecule has 1 aliphatic rings. The molecule has 76 valence electrons. The fourth-order valence-electron chi connectivity index (χ4n) is 2.26. The van der Waals surface area contributed by atoms with Gasteiger partial charge in [0, 0.05) is 13.5 Å². The van der Waals surface area contributed by atoms with Crippen molar-refractivity contribution in [3.05, 3.63) is 0 Å². The highest BCUT2D eigenvalue weighted by atomic mass is 16.1. The zero-order chi connectivity index (χ0) is 9.68. The van der Waals surface area contributed by atoms with E-state index in [1.807, 2.05) is 0 Å². The normalized spacial score (nSPS) is 21.1. The largest absolute Gasteiger partial charge is 0.359 e. The zero-order valence-electron chi connectivity index (χ0n) is 8.81. The molecule has 2 heteroatoms. The van der Waals surface area contributed by atoms with E-state index >= 15 is 0 Å². The van der Waals surface area contributed by atoms with E-state index in [4.69, 9.17) is 0 Å². The monoisotopic (exact) mass is 183 g/mol. The topological polar surface area (TPSA) is 29.1 Å². The molecule has 0 radical (unpaired) electrons. The zero-order valence-corrected chi connectivity index (χ0v) is 8.81. The number of hydrogen-bond acceptors (Lipinski definition) is 1. The second kappa shape index (κ2) is 5.25. The number of hydrogen-bond donors (Lipinski definition) is 1. The smallest absolute Gasteiger partial charge is 0.220 e. The summed E-state index contributed by atoms with van der Waals surface area (Å²) in [5.41, 5.74) is 0. The Labute approximate surface area is 81.1 Å². The van der Waals surface area contributed by atoms with Crippen molar-refractivity contribution in [3.8, 4) is 0 Å². The predicted octanol–water partition coefficient (Wildman–Crippen LogP) is 2.34. The maximum absolute atomic E-state index is 11.2. The van der Waals surface area contributed by atoms with Crippen LogP contribution in [0, 0.1) is 11.8 Å². The molecule has 2 nitrogen and oxygen atoms in total. The highest BCUT2D eigenvalue weighted by Crippen LogP contribution is 2.31. The van der Waals surface area contributed by atoms with Crippen molar-refractivity contribution >= 4 is 5.91 Å². The van der Waals surface area contributed by atoms with Crippen LogP contribution in [-0.4, -0.2) is 13.0 Å². The molecule has 13 heavy (non-hydrogen) atoms. The first-order chi connectivity index (χ1) is 6.24. The summed E-state index contributed by atoms with van der Waals surface area (Å²) in [7, 11) is 1.72. The van der Waals surface area contributed by atoms with Gasteiger partial charge in [0.05, 0.1) is 0 Å². The Morgan fingerprint density at radius 3 is 2.54 bits per heavy atom. The van der Waals surface area contributed by atoms with Gasteiger partial charge >= 0.3 is 0 Å². The number of rotatable bonds is 3. The molecule has 0 aliphatic heterocycles. The Hall–Kier alpha value is -0.530. The minimum absolute atomic E-state index is 0.193. The molecule has 1 unspecified atom stereocenters. The molecule has 0 spiro atoms.